The first-order chi connectivity index (χ1) is 18.4. The standard InChI is InChI=1S/C27H28O11/c1-32-19-7-13(8-20(33-2)26(19)34-3)23-14-9-17-18(37-12-36-17)10-15(14)25(16-11-35-27(31)24(16)23)38-22(30)6-4-5-21(28)29/h7-10,16,23-25H,4-6,11-12H2,1-3H3,(H,28,29)/t16-,23+,24-,25+/m0/s1. The minimum atomic E-state index is -0.989. The SMILES string of the molecule is COc1cc([C@@H]2c3cc4c(cc3[C@@H](OC(=O)CCCC(=O)O)[C@H]3COC(=O)[C@H]23)OCO4)cc(OC)c1OC. The fourth-order valence-electron chi connectivity index (χ4n) is 5.53. The monoisotopic (exact) mass is 528 g/mol. The van der Waals surface area contributed by atoms with Crippen LogP contribution in [0.5, 0.6) is 28.7 Å². The zero-order chi connectivity index (χ0) is 27.0. The van der Waals surface area contributed by atoms with Gasteiger partial charge in [-0.15, -0.1) is 0 Å². The van der Waals surface area contributed by atoms with Crippen molar-refractivity contribution in [1.82, 2.24) is 0 Å². The zero-order valence-corrected chi connectivity index (χ0v) is 21.2. The largest absolute Gasteiger partial charge is 0.493 e. The third kappa shape index (κ3) is 4.42. The van der Waals surface area contributed by atoms with Crippen molar-refractivity contribution in [2.24, 2.45) is 11.8 Å². The van der Waals surface area contributed by atoms with Crippen LogP contribution in [0.3, 0.4) is 0 Å². The number of benzene rings is 2. The quantitative estimate of drug-likeness (QED) is 0.481. The lowest BCUT2D eigenvalue weighted by Gasteiger charge is -2.38. The second kappa shape index (κ2) is 10.3. The van der Waals surface area contributed by atoms with Crippen molar-refractivity contribution in [3.05, 3.63) is 41.0 Å². The molecule has 0 radical (unpaired) electrons. The number of hydrogen-bond acceptors (Lipinski definition) is 10. The van der Waals surface area contributed by atoms with E-state index in [9.17, 15) is 14.4 Å². The molecule has 38 heavy (non-hydrogen) atoms. The first kappa shape index (κ1) is 25.5. The molecule has 1 N–H and O–H groups in total. The van der Waals surface area contributed by atoms with E-state index in [2.05, 4.69) is 0 Å². The van der Waals surface area contributed by atoms with Gasteiger partial charge in [0, 0.05) is 30.2 Å². The van der Waals surface area contributed by atoms with Crippen molar-refractivity contribution in [2.45, 2.75) is 31.3 Å². The number of carbonyl (C=O) groups excluding carboxylic acids is 2. The molecule has 1 aliphatic carbocycles. The molecule has 0 bridgehead atoms. The lowest BCUT2D eigenvalue weighted by atomic mass is 9.66. The van der Waals surface area contributed by atoms with Gasteiger partial charge in [-0.05, 0) is 41.8 Å². The first-order valence-electron chi connectivity index (χ1n) is 12.2. The second-order valence-corrected chi connectivity index (χ2v) is 9.25. The lowest BCUT2D eigenvalue weighted by Crippen LogP contribution is -2.36. The molecular weight excluding hydrogens is 500 g/mol. The molecule has 0 spiro atoms. The minimum absolute atomic E-state index is 0.0433. The molecule has 1 fully saturated rings. The van der Waals surface area contributed by atoms with Crippen LogP contribution in [0.1, 0.15) is 48.0 Å². The van der Waals surface area contributed by atoms with Gasteiger partial charge in [-0.25, -0.2) is 0 Å². The normalized spacial score (nSPS) is 22.7. The fourth-order valence-corrected chi connectivity index (χ4v) is 5.53. The van der Waals surface area contributed by atoms with Gasteiger partial charge in [0.25, 0.3) is 0 Å². The van der Waals surface area contributed by atoms with Crippen molar-refractivity contribution in [3.63, 3.8) is 0 Å². The minimum Gasteiger partial charge on any atom is -0.493 e. The van der Waals surface area contributed by atoms with Gasteiger partial charge < -0.3 is 38.3 Å². The first-order valence-corrected chi connectivity index (χ1v) is 12.2. The van der Waals surface area contributed by atoms with Gasteiger partial charge in [-0.1, -0.05) is 0 Å². The van der Waals surface area contributed by atoms with E-state index in [1.165, 1.54) is 21.3 Å². The van der Waals surface area contributed by atoms with E-state index in [4.69, 9.17) is 38.3 Å². The molecule has 2 aromatic rings. The van der Waals surface area contributed by atoms with E-state index in [1.54, 1.807) is 24.3 Å². The number of esters is 2. The van der Waals surface area contributed by atoms with Crippen LogP contribution in [0, 0.1) is 11.8 Å². The van der Waals surface area contributed by atoms with Gasteiger partial charge in [0.2, 0.25) is 12.5 Å². The molecule has 2 aliphatic heterocycles. The highest BCUT2D eigenvalue weighted by atomic mass is 16.7. The molecule has 2 aromatic carbocycles. The third-order valence-electron chi connectivity index (χ3n) is 7.20. The highest BCUT2D eigenvalue weighted by Crippen LogP contribution is 2.56. The van der Waals surface area contributed by atoms with Crippen LogP contribution < -0.4 is 23.7 Å². The maximum absolute atomic E-state index is 13.2. The Bertz CT molecular complexity index is 1240. The second-order valence-electron chi connectivity index (χ2n) is 9.25. The van der Waals surface area contributed by atoms with Crippen molar-refractivity contribution in [2.75, 3.05) is 34.7 Å². The van der Waals surface area contributed by atoms with Crippen molar-refractivity contribution >= 4 is 17.9 Å². The summed E-state index contributed by atoms with van der Waals surface area (Å²) in [7, 11) is 4.54. The Morgan fingerprint density at radius 1 is 0.921 bits per heavy atom. The van der Waals surface area contributed by atoms with E-state index >= 15 is 0 Å². The predicted molar refractivity (Wildman–Crippen MR) is 129 cm³/mol. The topological polar surface area (TPSA) is 136 Å². The Morgan fingerprint density at radius 3 is 2.18 bits per heavy atom. The van der Waals surface area contributed by atoms with E-state index in [1.807, 2.05) is 0 Å². The van der Waals surface area contributed by atoms with E-state index in [-0.39, 0.29) is 32.7 Å². The van der Waals surface area contributed by atoms with Crippen molar-refractivity contribution < 1.29 is 52.6 Å². The molecular formula is C27H28O11. The molecule has 0 saturated carbocycles. The Kier molecular flexibility index (Phi) is 6.92. The van der Waals surface area contributed by atoms with Crippen LogP contribution in [-0.2, 0) is 23.9 Å². The maximum atomic E-state index is 13.2. The van der Waals surface area contributed by atoms with Gasteiger partial charge in [-0.3, -0.25) is 14.4 Å². The van der Waals surface area contributed by atoms with Crippen LogP contribution in [0.25, 0.3) is 0 Å². The summed E-state index contributed by atoms with van der Waals surface area (Å²) in [5.74, 6) is -1.33. The molecule has 1 saturated heterocycles. The number of carbonyl (C=O) groups is 3. The highest BCUT2D eigenvalue weighted by Gasteiger charge is 2.54. The summed E-state index contributed by atoms with van der Waals surface area (Å²) in [5.41, 5.74) is 2.10. The Morgan fingerprint density at radius 2 is 1.58 bits per heavy atom. The third-order valence-corrected chi connectivity index (χ3v) is 7.20. The average Bonchev–Trinajstić information content (AvgIpc) is 3.52. The molecule has 2 heterocycles. The summed E-state index contributed by atoms with van der Waals surface area (Å²) in [6, 6.07) is 7.16. The molecule has 0 unspecified atom stereocenters. The van der Waals surface area contributed by atoms with Crippen LogP contribution in [-0.4, -0.2) is 57.7 Å². The smallest absolute Gasteiger partial charge is 0.310 e. The molecule has 0 aromatic heterocycles. The van der Waals surface area contributed by atoms with Crippen molar-refractivity contribution in [3.8, 4) is 28.7 Å². The summed E-state index contributed by atoms with van der Waals surface area (Å²) in [6.07, 6.45) is -0.865. The molecule has 3 aliphatic rings. The summed E-state index contributed by atoms with van der Waals surface area (Å²) in [4.78, 5) is 36.8. The maximum Gasteiger partial charge on any atom is 0.310 e. The molecule has 5 rings (SSSR count). The number of hydrogen-bond donors (Lipinski definition) is 1. The zero-order valence-electron chi connectivity index (χ0n) is 21.2. The number of aliphatic carboxylic acids is 1. The van der Waals surface area contributed by atoms with Crippen LogP contribution >= 0.6 is 0 Å². The number of rotatable bonds is 9. The number of cyclic esters (lactones) is 1. The molecule has 4 atom stereocenters. The predicted octanol–water partition coefficient (Wildman–Crippen LogP) is 3.22. The molecule has 202 valence electrons. The molecule has 11 heteroatoms. The Balaban J connectivity index is 1.62. The molecule has 11 nitrogen and oxygen atoms in total. The van der Waals surface area contributed by atoms with Gasteiger partial charge in [-0.2, -0.15) is 0 Å². The van der Waals surface area contributed by atoms with Gasteiger partial charge >= 0.3 is 17.9 Å². The van der Waals surface area contributed by atoms with E-state index in [0.29, 0.717) is 39.9 Å². The van der Waals surface area contributed by atoms with Crippen LogP contribution in [0.15, 0.2) is 24.3 Å². The Labute approximate surface area is 218 Å². The number of fused-ring (bicyclic) bond motifs is 3. The number of carboxylic acids is 1. The van der Waals surface area contributed by atoms with Crippen LogP contribution in [0.2, 0.25) is 0 Å². The van der Waals surface area contributed by atoms with E-state index < -0.39 is 41.8 Å². The summed E-state index contributed by atoms with van der Waals surface area (Å²) < 4.78 is 39.2. The molecule has 0 amide bonds. The summed E-state index contributed by atoms with van der Waals surface area (Å²) in [6.45, 7) is 0.104. The highest BCUT2D eigenvalue weighted by molar-refractivity contribution is 5.79. The number of ether oxygens (including phenoxy) is 7. The van der Waals surface area contributed by atoms with Crippen LogP contribution in [0.4, 0.5) is 0 Å². The van der Waals surface area contributed by atoms with Gasteiger partial charge in [0.1, 0.15) is 6.10 Å². The summed E-state index contributed by atoms with van der Waals surface area (Å²) >= 11 is 0. The fraction of sp³-hybridized carbons (Fsp3) is 0.444. The van der Waals surface area contributed by atoms with Gasteiger partial charge in [0.15, 0.2) is 23.0 Å². The summed E-state index contributed by atoms with van der Waals surface area (Å²) in [5, 5.41) is 8.91. The lowest BCUT2D eigenvalue weighted by molar-refractivity contribution is -0.154. The van der Waals surface area contributed by atoms with E-state index in [0.717, 1.165) is 5.56 Å². The average molecular weight is 529 g/mol. The number of carboxylic acid groups (broad SMARTS) is 1. The van der Waals surface area contributed by atoms with Gasteiger partial charge in [0.05, 0.1) is 33.9 Å². The number of methoxy groups -OCH3 is 3. The van der Waals surface area contributed by atoms with Crippen molar-refractivity contribution in [1.29, 1.82) is 0 Å². The Hall–Kier alpha value is -4.15.